The number of H-pyrrole nitrogens is 2. The number of nitrogens with one attached hydrogen (secondary N) is 6. The Kier molecular flexibility index (Phi) is 15.7. The van der Waals surface area contributed by atoms with Gasteiger partial charge >= 0.3 is 24.2 Å². The van der Waals surface area contributed by atoms with Crippen molar-refractivity contribution < 1.29 is 38.2 Å². The topological polar surface area (TPSA) is 209 Å². The van der Waals surface area contributed by atoms with E-state index >= 15 is 0 Å². The molecule has 5 rings (SSSR count). The number of amides is 5. The predicted octanol–water partition coefficient (Wildman–Crippen LogP) is 7.07. The summed E-state index contributed by atoms with van der Waals surface area (Å²) in [5.74, 6) is -0.529. The summed E-state index contributed by atoms with van der Waals surface area (Å²) < 4.78 is 16.4. The van der Waals surface area contributed by atoms with Crippen LogP contribution in [0.3, 0.4) is 0 Å². The van der Waals surface area contributed by atoms with Crippen LogP contribution in [0.15, 0.2) is 67.0 Å². The molecule has 1 aliphatic heterocycles. The summed E-state index contributed by atoms with van der Waals surface area (Å²) in [5, 5.41) is 12.8. The van der Waals surface area contributed by atoms with E-state index < -0.39 is 52.8 Å². The fourth-order valence-corrected chi connectivity index (χ4v) is 7.03. The molecule has 1 aliphatic rings. The van der Waals surface area contributed by atoms with Gasteiger partial charge in [0.15, 0.2) is 0 Å². The van der Waals surface area contributed by atoms with Crippen LogP contribution in [-0.2, 0) is 42.2 Å². The van der Waals surface area contributed by atoms with Crippen molar-refractivity contribution >= 4 is 41.0 Å². The van der Waals surface area contributed by atoms with Crippen molar-refractivity contribution in [3.05, 3.63) is 89.6 Å². The summed E-state index contributed by atoms with van der Waals surface area (Å²) in [6.45, 7) is 15.5. The van der Waals surface area contributed by atoms with E-state index in [0.717, 1.165) is 22.0 Å². The lowest BCUT2D eigenvalue weighted by molar-refractivity contribution is -0.159. The van der Waals surface area contributed by atoms with Gasteiger partial charge in [0.05, 0.1) is 11.5 Å². The summed E-state index contributed by atoms with van der Waals surface area (Å²) in [6, 6.07) is 15.3. The molecule has 3 heterocycles. The van der Waals surface area contributed by atoms with E-state index in [1.54, 1.807) is 45.7 Å². The molecule has 2 aromatic carbocycles. The molecule has 1 fully saturated rings. The van der Waals surface area contributed by atoms with Crippen molar-refractivity contribution in [2.45, 2.75) is 135 Å². The van der Waals surface area contributed by atoms with E-state index in [9.17, 15) is 24.0 Å². The normalized spacial score (nSPS) is 14.7. The number of urea groups is 1. The van der Waals surface area contributed by atoms with Gasteiger partial charge in [0, 0.05) is 61.1 Å². The molecule has 5 amide bonds. The van der Waals surface area contributed by atoms with Gasteiger partial charge < -0.3 is 50.3 Å². The van der Waals surface area contributed by atoms with E-state index in [4.69, 9.17) is 19.2 Å². The van der Waals surface area contributed by atoms with Gasteiger partial charge in [-0.2, -0.15) is 0 Å². The zero-order valence-corrected chi connectivity index (χ0v) is 37.3. The second kappa shape index (κ2) is 20.7. The molecular formula is C46H64N8O8. The van der Waals surface area contributed by atoms with Gasteiger partial charge in [-0.05, 0) is 105 Å². The van der Waals surface area contributed by atoms with E-state index in [1.165, 1.54) is 0 Å². The Morgan fingerprint density at radius 2 is 1.52 bits per heavy atom. The number of imidazole rings is 1. The number of para-hydroxylation sites is 1. The zero-order chi connectivity index (χ0) is 45.1. The average molecular weight is 857 g/mol. The van der Waals surface area contributed by atoms with Gasteiger partial charge in [0.2, 0.25) is 5.91 Å². The molecule has 0 bridgehead atoms. The highest BCUT2D eigenvalue weighted by atomic mass is 16.6. The van der Waals surface area contributed by atoms with Crippen LogP contribution in [0, 0.1) is 0 Å². The van der Waals surface area contributed by atoms with E-state index in [2.05, 4.69) is 31.2 Å². The minimum absolute atomic E-state index is 0.120. The Morgan fingerprint density at radius 3 is 2.21 bits per heavy atom. The number of fused-ring (bicyclic) bond motifs is 1. The molecule has 0 unspecified atom stereocenters. The Labute approximate surface area is 364 Å². The monoisotopic (exact) mass is 856 g/mol. The molecular weight excluding hydrogens is 793 g/mol. The molecule has 4 aromatic rings. The van der Waals surface area contributed by atoms with Gasteiger partial charge in [-0.3, -0.25) is 4.79 Å². The summed E-state index contributed by atoms with van der Waals surface area (Å²) >= 11 is 0. The van der Waals surface area contributed by atoms with E-state index in [0.29, 0.717) is 63.3 Å². The number of aromatic amines is 2. The van der Waals surface area contributed by atoms with Crippen LogP contribution in [0.25, 0.3) is 10.9 Å². The largest absolute Gasteiger partial charge is 0.458 e. The van der Waals surface area contributed by atoms with Crippen LogP contribution in [0.2, 0.25) is 0 Å². The van der Waals surface area contributed by atoms with Gasteiger partial charge in [0.1, 0.15) is 29.7 Å². The smallest absolute Gasteiger partial charge is 0.407 e. The van der Waals surface area contributed by atoms with Crippen molar-refractivity contribution in [1.82, 2.24) is 41.1 Å². The quantitative estimate of drug-likeness (QED) is 0.0386. The predicted molar refractivity (Wildman–Crippen MR) is 235 cm³/mol. The second-order valence-electron chi connectivity index (χ2n) is 18.3. The molecule has 16 heteroatoms. The maximum atomic E-state index is 14.1. The number of rotatable bonds is 16. The van der Waals surface area contributed by atoms with Crippen molar-refractivity contribution in [3.63, 3.8) is 0 Å². The molecule has 16 nitrogen and oxygen atoms in total. The number of hydrogen-bond acceptors (Lipinski definition) is 9. The highest BCUT2D eigenvalue weighted by molar-refractivity contribution is 5.91. The number of piperidine rings is 1. The van der Waals surface area contributed by atoms with E-state index in [-0.39, 0.29) is 25.1 Å². The van der Waals surface area contributed by atoms with Gasteiger partial charge in [0.25, 0.3) is 0 Å². The van der Waals surface area contributed by atoms with Crippen molar-refractivity contribution in [2.24, 2.45) is 0 Å². The molecule has 2 aromatic heterocycles. The minimum Gasteiger partial charge on any atom is -0.458 e. The van der Waals surface area contributed by atoms with Crippen LogP contribution >= 0.6 is 0 Å². The summed E-state index contributed by atoms with van der Waals surface area (Å²) in [7, 11) is 0. The van der Waals surface area contributed by atoms with Gasteiger partial charge in [-0.25, -0.2) is 24.2 Å². The van der Waals surface area contributed by atoms with Gasteiger partial charge in [-0.1, -0.05) is 48.5 Å². The zero-order valence-electron chi connectivity index (χ0n) is 37.3. The number of benzene rings is 2. The summed E-state index contributed by atoms with van der Waals surface area (Å²) in [5.41, 5.74) is 0.716. The Morgan fingerprint density at radius 1 is 0.839 bits per heavy atom. The lowest BCUT2D eigenvalue weighted by Crippen LogP contribution is -2.50. The van der Waals surface area contributed by atoms with Crippen LogP contribution < -0.4 is 21.3 Å². The lowest BCUT2D eigenvalue weighted by Gasteiger charge is -2.33. The van der Waals surface area contributed by atoms with E-state index in [1.807, 2.05) is 81.6 Å². The number of hydrogen-bond donors (Lipinski definition) is 6. The number of unbranched alkanes of at least 4 members (excludes halogenated alkanes) is 1. The maximum Gasteiger partial charge on any atom is 0.407 e. The average Bonchev–Trinajstić information content (AvgIpc) is 3.87. The second-order valence-corrected chi connectivity index (χ2v) is 18.3. The third-order valence-corrected chi connectivity index (χ3v) is 10.5. The SMILES string of the molecule is CC(C)(C)OC(=O)NC1CCN(C(=O)N[C@H](Cc2c[nH]c3ccccc23)c2ncc(C(C)(C)C(=O)N[C@H](CCCCNC(=O)OCc3ccccc3)C(=O)OC(C)(C)C)[nH]2)CC1. The maximum absolute atomic E-state index is 14.1. The molecule has 62 heavy (non-hydrogen) atoms. The molecule has 2 atom stereocenters. The number of nitrogens with zero attached hydrogens (tertiary/aromatic N) is 2. The first-order chi connectivity index (χ1) is 29.3. The molecule has 1 saturated heterocycles. The minimum atomic E-state index is -1.19. The first-order valence-electron chi connectivity index (χ1n) is 21.4. The van der Waals surface area contributed by atoms with Crippen LogP contribution in [0.5, 0.6) is 0 Å². The fourth-order valence-electron chi connectivity index (χ4n) is 7.03. The molecule has 0 saturated carbocycles. The van der Waals surface area contributed by atoms with Crippen molar-refractivity contribution in [1.29, 1.82) is 0 Å². The Balaban J connectivity index is 1.24. The number of aromatic nitrogens is 3. The number of ether oxygens (including phenoxy) is 3. The molecule has 336 valence electrons. The number of likely N-dealkylation sites (tertiary alicyclic amines) is 1. The third kappa shape index (κ3) is 14.0. The molecule has 0 spiro atoms. The molecule has 0 radical (unpaired) electrons. The first kappa shape index (κ1) is 47.0. The third-order valence-electron chi connectivity index (χ3n) is 10.5. The van der Waals surface area contributed by atoms with Gasteiger partial charge in [-0.15, -0.1) is 0 Å². The van der Waals surface area contributed by atoms with Crippen LogP contribution in [0.4, 0.5) is 14.4 Å². The summed E-state index contributed by atoms with van der Waals surface area (Å²) in [4.78, 5) is 79.0. The number of esters is 1. The molecule has 6 N–H and O–H groups in total. The number of alkyl carbamates (subject to hydrolysis) is 2. The van der Waals surface area contributed by atoms with Crippen LogP contribution in [0.1, 0.15) is 116 Å². The van der Waals surface area contributed by atoms with Crippen molar-refractivity contribution in [3.8, 4) is 0 Å². The lowest BCUT2D eigenvalue weighted by atomic mass is 9.88. The standard InChI is InChI=1S/C46H64N8O8/c1-44(2,3)61-39(55)35(20-14-15-23-47-42(58)60-29-30-16-10-9-11-17-30)51-40(56)46(7,8)37-28-49-38(53-37)36(26-31-27-48-34-19-13-12-18-33(31)34)52-41(57)54-24-21-32(22-25-54)50-43(59)62-45(4,5)6/h9-13,16-19,27-28,32,35-36,48H,14-15,20-26,29H2,1-8H3,(H,47,58)(H,49,53)(H,50,59)(H,51,56)(H,52,57)/t35-,36-/m1/s1. The first-order valence-corrected chi connectivity index (χ1v) is 21.4. The highest BCUT2D eigenvalue weighted by Gasteiger charge is 2.37. The summed E-state index contributed by atoms with van der Waals surface area (Å²) in [6.07, 6.45) is 5.34. The Hall–Kier alpha value is -6.06. The number of carbonyl (C=O) groups excluding carboxylic acids is 5. The highest BCUT2D eigenvalue weighted by Crippen LogP contribution is 2.28. The fraction of sp³-hybridized carbons (Fsp3) is 0.522. The van der Waals surface area contributed by atoms with Crippen LogP contribution in [-0.4, -0.2) is 92.9 Å². The number of carbonyl (C=O) groups is 5. The van der Waals surface area contributed by atoms with Crippen molar-refractivity contribution in [2.75, 3.05) is 19.6 Å². The Bertz CT molecular complexity index is 2130. The molecule has 0 aliphatic carbocycles.